The zero-order valence-corrected chi connectivity index (χ0v) is 12.4. The van der Waals surface area contributed by atoms with E-state index in [1.54, 1.807) is 0 Å². The Bertz CT molecular complexity index is 353. The van der Waals surface area contributed by atoms with Gasteiger partial charge in [0.05, 0.1) is 6.54 Å². The molecule has 1 aliphatic rings. The highest BCUT2D eigenvalue weighted by Gasteiger charge is 2.19. The van der Waals surface area contributed by atoms with Gasteiger partial charge in [-0.05, 0) is 58.3 Å². The van der Waals surface area contributed by atoms with E-state index in [9.17, 15) is 0 Å². The molecule has 0 bridgehead atoms. The van der Waals surface area contributed by atoms with Crippen LogP contribution in [0.2, 0.25) is 0 Å². The lowest BCUT2D eigenvalue weighted by atomic mass is 9.97. The summed E-state index contributed by atoms with van der Waals surface area (Å²) in [5, 5.41) is 3.55. The quantitative estimate of drug-likeness (QED) is 0.766. The van der Waals surface area contributed by atoms with Gasteiger partial charge in [-0.15, -0.1) is 0 Å². The molecule has 1 aromatic rings. The number of hydrogen-bond acceptors (Lipinski definition) is 3. The Morgan fingerprint density at radius 3 is 2.79 bits per heavy atom. The van der Waals surface area contributed by atoms with Crippen LogP contribution in [0.1, 0.15) is 38.9 Å². The van der Waals surface area contributed by atoms with Crippen LogP contribution in [0.5, 0.6) is 0 Å². The zero-order chi connectivity index (χ0) is 13.5. The molecule has 19 heavy (non-hydrogen) atoms. The third kappa shape index (κ3) is 4.32. The molecule has 4 heteroatoms. The van der Waals surface area contributed by atoms with Crippen LogP contribution in [-0.4, -0.2) is 40.6 Å². The topological polar surface area (TPSA) is 33.1 Å². The number of aryl methyl sites for hydroxylation is 1. The van der Waals surface area contributed by atoms with E-state index in [4.69, 9.17) is 0 Å². The summed E-state index contributed by atoms with van der Waals surface area (Å²) >= 11 is 0. The number of imidazole rings is 1. The summed E-state index contributed by atoms with van der Waals surface area (Å²) < 4.78 is 2.24. The van der Waals surface area contributed by atoms with Crippen molar-refractivity contribution in [3.05, 3.63) is 18.2 Å². The number of likely N-dealkylation sites (tertiary alicyclic amines) is 1. The van der Waals surface area contributed by atoms with E-state index in [0.717, 1.165) is 25.6 Å². The Hall–Kier alpha value is -0.870. The smallest absolute Gasteiger partial charge is 0.122 e. The summed E-state index contributed by atoms with van der Waals surface area (Å²) in [5.41, 5.74) is 0. The normalized spacial score (nSPS) is 18.0. The molecule has 0 radical (unpaired) electrons. The first-order valence-electron chi connectivity index (χ1n) is 7.76. The predicted octanol–water partition coefficient (Wildman–Crippen LogP) is 2.11. The van der Waals surface area contributed by atoms with Crippen LogP contribution < -0.4 is 5.32 Å². The van der Waals surface area contributed by atoms with Crippen LogP contribution in [0.3, 0.4) is 0 Å². The van der Waals surface area contributed by atoms with Crippen molar-refractivity contribution >= 4 is 0 Å². The molecule has 2 rings (SSSR count). The van der Waals surface area contributed by atoms with Crippen molar-refractivity contribution < 1.29 is 0 Å². The minimum absolute atomic E-state index is 0.869. The molecule has 0 spiro atoms. The first kappa shape index (κ1) is 14.5. The van der Waals surface area contributed by atoms with Crippen LogP contribution >= 0.6 is 0 Å². The highest BCUT2D eigenvalue weighted by molar-refractivity contribution is 4.92. The highest BCUT2D eigenvalue weighted by atomic mass is 15.2. The summed E-state index contributed by atoms with van der Waals surface area (Å²) in [6.45, 7) is 11.2. The minimum Gasteiger partial charge on any atom is -0.334 e. The average molecular weight is 264 g/mol. The standard InChI is InChI=1S/C15H28N4/c1-3-7-16-12-14-5-9-18(10-6-14)13-15-17-8-11-19(15)4-2/h8,11,14,16H,3-7,9-10,12-13H2,1-2H3. The Labute approximate surface area is 117 Å². The number of piperidine rings is 1. The van der Waals surface area contributed by atoms with Gasteiger partial charge in [-0.25, -0.2) is 4.98 Å². The van der Waals surface area contributed by atoms with E-state index >= 15 is 0 Å². The predicted molar refractivity (Wildman–Crippen MR) is 79.1 cm³/mol. The lowest BCUT2D eigenvalue weighted by molar-refractivity contribution is 0.170. The minimum atomic E-state index is 0.869. The molecule has 1 aromatic heterocycles. The van der Waals surface area contributed by atoms with E-state index in [0.29, 0.717) is 0 Å². The number of hydrogen-bond donors (Lipinski definition) is 1. The number of aromatic nitrogens is 2. The molecule has 108 valence electrons. The highest BCUT2D eigenvalue weighted by Crippen LogP contribution is 2.18. The van der Waals surface area contributed by atoms with Gasteiger partial charge in [0.15, 0.2) is 0 Å². The molecule has 1 fully saturated rings. The first-order chi connectivity index (χ1) is 9.33. The molecule has 0 unspecified atom stereocenters. The van der Waals surface area contributed by atoms with Crippen LogP contribution in [0.15, 0.2) is 12.4 Å². The Morgan fingerprint density at radius 1 is 1.32 bits per heavy atom. The lowest BCUT2D eigenvalue weighted by Crippen LogP contribution is -2.37. The zero-order valence-electron chi connectivity index (χ0n) is 12.4. The third-order valence-electron chi connectivity index (χ3n) is 4.07. The maximum Gasteiger partial charge on any atom is 0.122 e. The fourth-order valence-electron chi connectivity index (χ4n) is 2.81. The summed E-state index contributed by atoms with van der Waals surface area (Å²) in [5.74, 6) is 2.08. The van der Waals surface area contributed by atoms with Gasteiger partial charge in [0.25, 0.3) is 0 Å². The second-order valence-corrected chi connectivity index (χ2v) is 5.55. The van der Waals surface area contributed by atoms with Gasteiger partial charge in [-0.1, -0.05) is 6.92 Å². The van der Waals surface area contributed by atoms with Crippen molar-refractivity contribution in [2.75, 3.05) is 26.2 Å². The van der Waals surface area contributed by atoms with E-state index in [1.165, 1.54) is 44.7 Å². The van der Waals surface area contributed by atoms with Gasteiger partial charge in [0.2, 0.25) is 0 Å². The molecule has 0 amide bonds. The average Bonchev–Trinajstić information content (AvgIpc) is 2.88. The molecule has 0 atom stereocenters. The van der Waals surface area contributed by atoms with E-state index in [2.05, 4.69) is 39.8 Å². The van der Waals surface area contributed by atoms with Gasteiger partial charge in [0.1, 0.15) is 5.82 Å². The van der Waals surface area contributed by atoms with Crippen molar-refractivity contribution in [1.82, 2.24) is 19.8 Å². The van der Waals surface area contributed by atoms with Gasteiger partial charge in [-0.2, -0.15) is 0 Å². The van der Waals surface area contributed by atoms with Gasteiger partial charge >= 0.3 is 0 Å². The fraction of sp³-hybridized carbons (Fsp3) is 0.800. The van der Waals surface area contributed by atoms with Crippen LogP contribution in [0, 0.1) is 5.92 Å². The van der Waals surface area contributed by atoms with Crippen molar-refractivity contribution in [2.45, 2.75) is 46.2 Å². The SMILES string of the molecule is CCCNCC1CCN(Cc2nccn2CC)CC1. The Balaban J connectivity index is 1.71. The summed E-state index contributed by atoms with van der Waals surface area (Å²) in [6, 6.07) is 0. The van der Waals surface area contributed by atoms with Gasteiger partial charge < -0.3 is 9.88 Å². The van der Waals surface area contributed by atoms with Crippen LogP contribution in [0.4, 0.5) is 0 Å². The molecular weight excluding hydrogens is 236 g/mol. The van der Waals surface area contributed by atoms with Crippen LogP contribution in [0.25, 0.3) is 0 Å². The van der Waals surface area contributed by atoms with Crippen molar-refractivity contribution in [1.29, 1.82) is 0 Å². The molecule has 1 N–H and O–H groups in total. The largest absolute Gasteiger partial charge is 0.334 e. The fourth-order valence-corrected chi connectivity index (χ4v) is 2.81. The van der Waals surface area contributed by atoms with E-state index < -0.39 is 0 Å². The number of nitrogens with one attached hydrogen (secondary N) is 1. The molecular formula is C15H28N4. The Morgan fingerprint density at radius 2 is 2.11 bits per heavy atom. The molecule has 2 heterocycles. The summed E-state index contributed by atoms with van der Waals surface area (Å²) in [7, 11) is 0. The second kappa shape index (κ2) is 7.65. The molecule has 0 aliphatic carbocycles. The van der Waals surface area contributed by atoms with Crippen molar-refractivity contribution in [3.63, 3.8) is 0 Å². The number of nitrogens with zero attached hydrogens (tertiary/aromatic N) is 3. The van der Waals surface area contributed by atoms with Gasteiger partial charge in [-0.3, -0.25) is 4.90 Å². The van der Waals surface area contributed by atoms with Crippen LogP contribution in [-0.2, 0) is 13.1 Å². The molecule has 4 nitrogen and oxygen atoms in total. The molecule has 0 aromatic carbocycles. The number of rotatable bonds is 7. The maximum absolute atomic E-state index is 4.47. The van der Waals surface area contributed by atoms with Crippen molar-refractivity contribution in [2.24, 2.45) is 5.92 Å². The van der Waals surface area contributed by atoms with Gasteiger partial charge in [0, 0.05) is 18.9 Å². The lowest BCUT2D eigenvalue weighted by Gasteiger charge is -2.31. The second-order valence-electron chi connectivity index (χ2n) is 5.55. The first-order valence-corrected chi connectivity index (χ1v) is 7.76. The van der Waals surface area contributed by atoms with E-state index in [-0.39, 0.29) is 0 Å². The molecule has 1 saturated heterocycles. The Kier molecular flexibility index (Phi) is 5.86. The third-order valence-corrected chi connectivity index (χ3v) is 4.07. The summed E-state index contributed by atoms with van der Waals surface area (Å²) in [4.78, 5) is 7.02. The monoisotopic (exact) mass is 264 g/mol. The molecule has 1 aliphatic heterocycles. The van der Waals surface area contributed by atoms with E-state index in [1.807, 2.05) is 6.20 Å². The summed E-state index contributed by atoms with van der Waals surface area (Å²) in [6.07, 6.45) is 7.88. The molecule has 0 saturated carbocycles. The maximum atomic E-state index is 4.47. The van der Waals surface area contributed by atoms with Crippen molar-refractivity contribution in [3.8, 4) is 0 Å².